The number of sulfone groups is 4. The standard InChI is InChI=1S/2C25H32N4O5S.C4H9BrO2S.C4H10O3S.C4H10OS.2CH4/c2*1-3-34-24(31)27-16-25(17-27)18-9-4-6-11-20(18)29(23(25)30)15-22-26-19-10-5-7-12-21(19)28(22)13-8-14-35(2,32)33;2*1-8(6,7)4-2-3-5;1-6-4-2-3-5;;/h2*4,6,9,11H,3,5,7-8,10,12-17H2,1-2H3;2-4H2,1H3;5H,2-4H2,1H3;5H,2-4H2,1H3;2*1H4. The van der Waals surface area contributed by atoms with E-state index in [1.807, 2.05) is 54.8 Å². The number of aliphatic hydroxyl groups excluding tert-OH is 2. The number of thioether (sulfide) groups is 1. The van der Waals surface area contributed by atoms with E-state index < -0.39 is 62.4 Å². The largest absolute Gasteiger partial charge is 0.450 e. The maximum Gasteiger partial charge on any atom is 0.409 e. The van der Waals surface area contributed by atoms with Gasteiger partial charge < -0.3 is 48.4 Å². The molecule has 530 valence electrons. The van der Waals surface area contributed by atoms with Crippen LogP contribution in [0.3, 0.4) is 0 Å². The first-order valence-electron chi connectivity index (χ1n) is 31.3. The minimum atomic E-state index is -3.05. The van der Waals surface area contributed by atoms with Gasteiger partial charge in [-0.05, 0) is 133 Å². The average Bonchev–Trinajstić information content (AvgIpc) is 1.54. The van der Waals surface area contributed by atoms with E-state index in [0.29, 0.717) is 97.9 Å². The van der Waals surface area contributed by atoms with Crippen molar-refractivity contribution in [1.29, 1.82) is 0 Å². The van der Waals surface area contributed by atoms with Gasteiger partial charge in [0.2, 0.25) is 11.8 Å². The summed E-state index contributed by atoms with van der Waals surface area (Å²) >= 11 is 4.90. The fourth-order valence-electron chi connectivity index (χ4n) is 12.2. The van der Waals surface area contributed by atoms with Gasteiger partial charge in [-0.25, -0.2) is 53.2 Å². The number of nitrogens with zero attached hydrogens (tertiary/aromatic N) is 8. The van der Waals surface area contributed by atoms with Crippen LogP contribution >= 0.6 is 27.7 Å². The number of benzene rings is 2. The summed E-state index contributed by atoms with van der Waals surface area (Å²) in [4.78, 5) is 68.7. The zero-order valence-corrected chi connectivity index (χ0v) is 59.8. The van der Waals surface area contributed by atoms with Crippen LogP contribution in [-0.4, -0.2) is 215 Å². The van der Waals surface area contributed by atoms with Gasteiger partial charge in [0.15, 0.2) is 0 Å². The minimum Gasteiger partial charge on any atom is -0.450 e. The Bertz CT molecular complexity index is 3410. The fraction of sp³-hybridized carbons (Fsp3) is 0.656. The van der Waals surface area contributed by atoms with Crippen LogP contribution in [0.15, 0.2) is 48.5 Å². The molecule has 4 aromatic rings. The fourth-order valence-corrected chi connectivity index (χ4v) is 15.9. The van der Waals surface area contributed by atoms with Crippen molar-refractivity contribution in [2.24, 2.45) is 0 Å². The molecule has 2 N–H and O–H groups in total. The topological polar surface area (TPSA) is 312 Å². The normalized spacial score (nSPS) is 16.3. The summed E-state index contributed by atoms with van der Waals surface area (Å²) in [5, 5.41) is 17.1. The number of hydrogen-bond donors (Lipinski definition) is 2. The molecule has 24 nitrogen and oxygen atoms in total. The molecule has 0 saturated carbocycles. The van der Waals surface area contributed by atoms with Crippen molar-refractivity contribution >= 4 is 102 Å². The summed E-state index contributed by atoms with van der Waals surface area (Å²) < 4.78 is 103. The molecule has 4 aliphatic heterocycles. The van der Waals surface area contributed by atoms with E-state index >= 15 is 0 Å². The molecular formula is C64H101BrN8O16S5. The number of imidazole rings is 2. The number of aromatic nitrogens is 4. The van der Waals surface area contributed by atoms with E-state index in [0.717, 1.165) is 121 Å². The lowest BCUT2D eigenvalue weighted by molar-refractivity contribution is -0.129. The number of aliphatic hydroxyl groups is 2. The van der Waals surface area contributed by atoms with Crippen molar-refractivity contribution in [3.8, 4) is 0 Å². The summed E-state index contributed by atoms with van der Waals surface area (Å²) in [6.07, 6.45) is 17.2. The lowest BCUT2D eigenvalue weighted by Gasteiger charge is -2.45. The monoisotopic (exact) mass is 1480 g/mol. The lowest BCUT2D eigenvalue weighted by Crippen LogP contribution is -2.65. The summed E-state index contributed by atoms with van der Waals surface area (Å²) in [5.41, 5.74) is 6.55. The molecule has 0 atom stereocenters. The maximum absolute atomic E-state index is 13.8. The zero-order chi connectivity index (χ0) is 67.7. The smallest absolute Gasteiger partial charge is 0.409 e. The average molecular weight is 1480 g/mol. The molecule has 6 heterocycles. The SMILES string of the molecule is C.C.CCOC(=O)N1CC2(C1)C(=O)N(Cc1nc3c(n1CCCS(C)(=O)=O)CCCC3)c1ccccc12.CCOC(=O)N1CC2(C1)C(=O)N(Cc1nc3c(n1CCCS(C)(=O)=O)CCCC3)c1ccccc12.CS(=O)(=O)CCCBr.CS(=O)(=O)CCCO.CSCCCO. The second-order valence-electron chi connectivity index (χ2n) is 24.1. The first-order chi connectivity index (χ1) is 43.5. The molecule has 2 aromatic carbocycles. The van der Waals surface area contributed by atoms with E-state index in [9.17, 15) is 52.8 Å². The second-order valence-corrected chi connectivity index (χ2v) is 34.9. The molecule has 6 aliphatic rings. The van der Waals surface area contributed by atoms with Crippen molar-refractivity contribution in [2.45, 2.75) is 149 Å². The van der Waals surface area contributed by atoms with Crippen molar-refractivity contribution in [1.82, 2.24) is 28.9 Å². The molecule has 94 heavy (non-hydrogen) atoms. The molecule has 0 radical (unpaired) electrons. The van der Waals surface area contributed by atoms with Gasteiger partial charge in [-0.2, -0.15) is 11.8 Å². The maximum atomic E-state index is 13.8. The number of aryl methyl sites for hydroxylation is 2. The highest BCUT2D eigenvalue weighted by Crippen LogP contribution is 2.49. The third-order valence-electron chi connectivity index (χ3n) is 16.5. The van der Waals surface area contributed by atoms with E-state index in [-0.39, 0.29) is 56.3 Å². The highest BCUT2D eigenvalue weighted by molar-refractivity contribution is 9.09. The first kappa shape index (κ1) is 81.3. The molecule has 0 unspecified atom stereocenters. The molecule has 2 aliphatic carbocycles. The van der Waals surface area contributed by atoms with Gasteiger partial charge in [0.25, 0.3) is 0 Å². The molecule has 2 fully saturated rings. The number of amides is 4. The zero-order valence-electron chi connectivity index (χ0n) is 54.1. The molecule has 2 saturated heterocycles. The van der Waals surface area contributed by atoms with Crippen LogP contribution in [0.2, 0.25) is 0 Å². The molecule has 4 amide bonds. The number of ether oxygens (including phenoxy) is 2. The number of rotatable bonds is 23. The third-order valence-corrected chi connectivity index (χ3v) is 21.8. The van der Waals surface area contributed by atoms with E-state index in [1.54, 1.807) is 45.2 Å². The van der Waals surface area contributed by atoms with Crippen LogP contribution < -0.4 is 9.80 Å². The number of anilines is 2. The first-order valence-corrected chi connectivity index (χ1v) is 42.0. The Morgan fingerprint density at radius 2 is 0.904 bits per heavy atom. The van der Waals surface area contributed by atoms with Gasteiger partial charge in [0.1, 0.15) is 61.8 Å². The molecule has 2 spiro atoms. The Hall–Kier alpha value is -5.11. The predicted molar refractivity (Wildman–Crippen MR) is 375 cm³/mol. The van der Waals surface area contributed by atoms with Crippen LogP contribution in [0.25, 0.3) is 0 Å². The van der Waals surface area contributed by atoms with E-state index in [1.165, 1.54) is 30.2 Å². The molecule has 0 bridgehead atoms. The van der Waals surface area contributed by atoms with Crippen LogP contribution in [0.1, 0.15) is 132 Å². The van der Waals surface area contributed by atoms with Crippen LogP contribution in [-0.2, 0) is 121 Å². The van der Waals surface area contributed by atoms with Gasteiger partial charge in [0.05, 0.1) is 60.7 Å². The Kier molecular flexibility index (Phi) is 31.5. The summed E-state index contributed by atoms with van der Waals surface area (Å²) in [6, 6.07) is 15.5. The predicted octanol–water partition coefficient (Wildman–Crippen LogP) is 7.14. The van der Waals surface area contributed by atoms with Gasteiger partial charge in [-0.15, -0.1) is 0 Å². The van der Waals surface area contributed by atoms with Crippen molar-refractivity contribution in [2.75, 3.05) is 128 Å². The quantitative estimate of drug-likeness (QED) is 0.0550. The number of para-hydroxylation sites is 2. The second kappa shape index (κ2) is 36.5. The van der Waals surface area contributed by atoms with Gasteiger partial charge in [0, 0.05) is 106 Å². The number of carbonyl (C=O) groups is 4. The third kappa shape index (κ3) is 21.7. The number of likely N-dealkylation sites (tertiary alicyclic amines) is 2. The Balaban J connectivity index is 0.000000299. The Morgan fingerprint density at radius 3 is 1.21 bits per heavy atom. The number of carbonyl (C=O) groups excluding carboxylic acids is 4. The molecular weight excluding hydrogens is 1380 g/mol. The van der Waals surface area contributed by atoms with Crippen LogP contribution in [0, 0.1) is 0 Å². The Morgan fingerprint density at radius 1 is 0.553 bits per heavy atom. The number of alkyl halides is 1. The summed E-state index contributed by atoms with van der Waals surface area (Å²) in [5.74, 6) is 3.25. The molecule has 30 heteroatoms. The molecule has 10 rings (SSSR count). The minimum absolute atomic E-state index is 0. The van der Waals surface area contributed by atoms with E-state index in [4.69, 9.17) is 29.7 Å². The van der Waals surface area contributed by atoms with Gasteiger partial charge >= 0.3 is 12.2 Å². The highest BCUT2D eigenvalue weighted by Gasteiger charge is 2.61. The van der Waals surface area contributed by atoms with Crippen molar-refractivity contribution in [3.63, 3.8) is 0 Å². The summed E-state index contributed by atoms with van der Waals surface area (Å²) in [7, 11) is -11.7. The number of fused-ring (bicyclic) bond motifs is 6. The lowest BCUT2D eigenvalue weighted by atomic mass is 9.75. The van der Waals surface area contributed by atoms with Crippen molar-refractivity contribution < 1.29 is 72.5 Å². The van der Waals surface area contributed by atoms with Gasteiger partial charge in [-0.1, -0.05) is 67.2 Å². The van der Waals surface area contributed by atoms with Crippen LogP contribution in [0.5, 0.6) is 0 Å². The van der Waals surface area contributed by atoms with Gasteiger partial charge in [-0.3, -0.25) is 9.59 Å². The van der Waals surface area contributed by atoms with E-state index in [2.05, 4.69) is 25.1 Å². The van der Waals surface area contributed by atoms with Crippen LogP contribution in [0.4, 0.5) is 21.0 Å². The molecule has 2 aromatic heterocycles. The number of hydrogen-bond acceptors (Lipinski definition) is 19. The van der Waals surface area contributed by atoms with Crippen molar-refractivity contribution in [3.05, 3.63) is 94.1 Å². The Labute approximate surface area is 571 Å². The highest BCUT2D eigenvalue weighted by atomic mass is 79.9. The number of halogens is 1. The summed E-state index contributed by atoms with van der Waals surface area (Å²) in [6.45, 7) is 7.40.